The van der Waals surface area contributed by atoms with Crippen molar-refractivity contribution in [3.05, 3.63) is 89.7 Å². The zero-order chi connectivity index (χ0) is 24.1. The summed E-state index contributed by atoms with van der Waals surface area (Å²) >= 11 is 1.10. The number of carbonyl (C=O) groups is 2. The number of carbonyl (C=O) groups excluding carboxylic acids is 2. The SMILES string of the molecule is COc1ccc(C(=O)NC(=O)CSc2nnc(-c3ccccc3F)n2-c2ccc(C)cc2)cc1. The molecule has 1 N–H and O–H groups in total. The van der Waals surface area contributed by atoms with E-state index in [1.54, 1.807) is 47.0 Å². The Morgan fingerprint density at radius 1 is 1.00 bits per heavy atom. The number of hydrogen-bond donors (Lipinski definition) is 1. The Labute approximate surface area is 200 Å². The van der Waals surface area contributed by atoms with E-state index in [4.69, 9.17) is 4.74 Å². The summed E-state index contributed by atoms with van der Waals surface area (Å²) in [5.41, 5.74) is 2.42. The van der Waals surface area contributed by atoms with Gasteiger partial charge in [0.25, 0.3) is 5.91 Å². The van der Waals surface area contributed by atoms with Crippen molar-refractivity contribution in [2.75, 3.05) is 12.9 Å². The van der Waals surface area contributed by atoms with Crippen LogP contribution in [0, 0.1) is 12.7 Å². The second-order valence-electron chi connectivity index (χ2n) is 7.35. The number of ether oxygens (including phenoxy) is 1. The molecule has 1 aromatic heterocycles. The monoisotopic (exact) mass is 476 g/mol. The molecule has 7 nitrogen and oxygen atoms in total. The molecule has 0 atom stereocenters. The highest BCUT2D eigenvalue weighted by atomic mass is 32.2. The van der Waals surface area contributed by atoms with E-state index >= 15 is 0 Å². The molecule has 4 aromatic rings. The second-order valence-corrected chi connectivity index (χ2v) is 8.29. The van der Waals surface area contributed by atoms with Crippen LogP contribution in [0.15, 0.2) is 78.0 Å². The molecule has 34 heavy (non-hydrogen) atoms. The molecule has 0 radical (unpaired) electrons. The molecule has 0 saturated carbocycles. The van der Waals surface area contributed by atoms with Crippen LogP contribution < -0.4 is 10.1 Å². The van der Waals surface area contributed by atoms with Gasteiger partial charge in [0.1, 0.15) is 11.6 Å². The molecular formula is C25H21FN4O3S. The summed E-state index contributed by atoms with van der Waals surface area (Å²) in [6, 6.07) is 20.3. The first-order valence-electron chi connectivity index (χ1n) is 10.3. The molecule has 2 amide bonds. The van der Waals surface area contributed by atoms with Crippen molar-refractivity contribution in [3.63, 3.8) is 0 Å². The Hall–Kier alpha value is -3.98. The first-order chi connectivity index (χ1) is 16.5. The summed E-state index contributed by atoms with van der Waals surface area (Å²) < 4.78 is 21.3. The maximum Gasteiger partial charge on any atom is 0.257 e. The van der Waals surface area contributed by atoms with Crippen LogP contribution in [-0.4, -0.2) is 39.4 Å². The molecule has 0 aliphatic heterocycles. The molecule has 0 bridgehead atoms. The highest BCUT2D eigenvalue weighted by molar-refractivity contribution is 7.99. The summed E-state index contributed by atoms with van der Waals surface area (Å²) in [7, 11) is 1.53. The Balaban J connectivity index is 1.54. The Kier molecular flexibility index (Phi) is 7.03. The highest BCUT2D eigenvalue weighted by Crippen LogP contribution is 2.29. The summed E-state index contributed by atoms with van der Waals surface area (Å²) in [6.07, 6.45) is 0. The van der Waals surface area contributed by atoms with Crippen LogP contribution in [0.5, 0.6) is 5.75 Å². The van der Waals surface area contributed by atoms with Gasteiger partial charge < -0.3 is 4.74 Å². The van der Waals surface area contributed by atoms with Crippen molar-refractivity contribution in [3.8, 4) is 22.8 Å². The fourth-order valence-corrected chi connectivity index (χ4v) is 3.97. The number of nitrogens with one attached hydrogen (secondary N) is 1. The Bertz CT molecular complexity index is 1320. The van der Waals surface area contributed by atoms with Gasteiger partial charge in [0, 0.05) is 11.3 Å². The summed E-state index contributed by atoms with van der Waals surface area (Å²) in [6.45, 7) is 1.97. The van der Waals surface area contributed by atoms with Gasteiger partial charge >= 0.3 is 0 Å². The van der Waals surface area contributed by atoms with E-state index in [0.717, 1.165) is 23.0 Å². The minimum absolute atomic E-state index is 0.0802. The van der Waals surface area contributed by atoms with Gasteiger partial charge in [-0.2, -0.15) is 0 Å². The number of hydrogen-bond acceptors (Lipinski definition) is 6. The minimum Gasteiger partial charge on any atom is -0.497 e. The third-order valence-corrected chi connectivity index (χ3v) is 5.91. The van der Waals surface area contributed by atoms with E-state index < -0.39 is 17.6 Å². The third-order valence-electron chi connectivity index (χ3n) is 4.98. The smallest absolute Gasteiger partial charge is 0.257 e. The van der Waals surface area contributed by atoms with E-state index in [1.165, 1.54) is 13.2 Å². The van der Waals surface area contributed by atoms with E-state index in [1.807, 2.05) is 31.2 Å². The standard InChI is InChI=1S/C25H21FN4O3S/c1-16-7-11-18(12-8-16)30-23(20-5-3-4-6-21(20)26)28-29-25(30)34-15-22(31)27-24(32)17-9-13-19(33-2)14-10-17/h3-14H,15H2,1-2H3,(H,27,31,32). The largest absolute Gasteiger partial charge is 0.497 e. The number of rotatable bonds is 7. The van der Waals surface area contributed by atoms with Crippen LogP contribution in [0.4, 0.5) is 4.39 Å². The molecule has 0 spiro atoms. The van der Waals surface area contributed by atoms with Gasteiger partial charge in [0.05, 0.1) is 18.4 Å². The van der Waals surface area contributed by atoms with Crippen LogP contribution in [-0.2, 0) is 4.79 Å². The molecule has 9 heteroatoms. The van der Waals surface area contributed by atoms with Gasteiger partial charge in [-0.1, -0.05) is 41.6 Å². The molecule has 0 aliphatic rings. The lowest BCUT2D eigenvalue weighted by atomic mass is 10.2. The summed E-state index contributed by atoms with van der Waals surface area (Å²) in [5.74, 6) is -0.582. The van der Waals surface area contributed by atoms with Gasteiger partial charge in [-0.05, 0) is 55.5 Å². The van der Waals surface area contributed by atoms with Crippen molar-refractivity contribution < 1.29 is 18.7 Å². The quantitative estimate of drug-likeness (QED) is 0.397. The van der Waals surface area contributed by atoms with Crippen LogP contribution in [0.3, 0.4) is 0 Å². The van der Waals surface area contributed by atoms with Crippen molar-refractivity contribution >= 4 is 23.6 Å². The van der Waals surface area contributed by atoms with Crippen molar-refractivity contribution in [2.24, 2.45) is 0 Å². The van der Waals surface area contributed by atoms with Crippen LogP contribution >= 0.6 is 11.8 Å². The average Bonchev–Trinajstić information content (AvgIpc) is 3.27. The topological polar surface area (TPSA) is 86.1 Å². The molecule has 1 heterocycles. The lowest BCUT2D eigenvalue weighted by molar-refractivity contribution is -0.117. The molecule has 172 valence electrons. The number of aromatic nitrogens is 3. The van der Waals surface area contributed by atoms with Gasteiger partial charge in [-0.15, -0.1) is 10.2 Å². The number of amides is 2. The zero-order valence-electron chi connectivity index (χ0n) is 18.5. The molecule has 0 fully saturated rings. The maximum atomic E-state index is 14.5. The molecule has 0 unspecified atom stereocenters. The lowest BCUT2D eigenvalue weighted by Crippen LogP contribution is -2.31. The number of aryl methyl sites for hydroxylation is 1. The number of halogens is 1. The Morgan fingerprint density at radius 3 is 2.38 bits per heavy atom. The van der Waals surface area contributed by atoms with E-state index in [9.17, 15) is 14.0 Å². The first kappa shape index (κ1) is 23.2. The molecule has 0 saturated heterocycles. The maximum absolute atomic E-state index is 14.5. The fourth-order valence-electron chi connectivity index (χ4n) is 3.21. The summed E-state index contributed by atoms with van der Waals surface area (Å²) in [4.78, 5) is 24.8. The van der Waals surface area contributed by atoms with Crippen molar-refractivity contribution in [1.82, 2.24) is 20.1 Å². The van der Waals surface area contributed by atoms with Gasteiger partial charge in [0.2, 0.25) is 5.91 Å². The average molecular weight is 477 g/mol. The lowest BCUT2D eigenvalue weighted by Gasteiger charge is -2.11. The zero-order valence-corrected chi connectivity index (χ0v) is 19.3. The number of methoxy groups -OCH3 is 1. The molecule has 0 aliphatic carbocycles. The number of thioether (sulfide) groups is 1. The Morgan fingerprint density at radius 2 is 1.71 bits per heavy atom. The van der Waals surface area contributed by atoms with E-state index in [-0.39, 0.29) is 5.75 Å². The van der Waals surface area contributed by atoms with Crippen LogP contribution in [0.25, 0.3) is 17.1 Å². The third kappa shape index (κ3) is 5.15. The summed E-state index contributed by atoms with van der Waals surface area (Å²) in [5, 5.41) is 11.1. The molecule has 4 rings (SSSR count). The van der Waals surface area contributed by atoms with Crippen LogP contribution in [0.2, 0.25) is 0 Å². The predicted octanol–water partition coefficient (Wildman–Crippen LogP) is 4.44. The van der Waals surface area contributed by atoms with Gasteiger partial charge in [0.15, 0.2) is 11.0 Å². The number of nitrogens with zero attached hydrogens (tertiary/aromatic N) is 3. The predicted molar refractivity (Wildman–Crippen MR) is 128 cm³/mol. The van der Waals surface area contributed by atoms with E-state index in [2.05, 4.69) is 15.5 Å². The van der Waals surface area contributed by atoms with Gasteiger partial charge in [-0.3, -0.25) is 19.5 Å². The van der Waals surface area contributed by atoms with Gasteiger partial charge in [-0.25, -0.2) is 4.39 Å². The normalized spacial score (nSPS) is 10.7. The van der Waals surface area contributed by atoms with Crippen molar-refractivity contribution in [2.45, 2.75) is 12.1 Å². The van der Waals surface area contributed by atoms with Crippen LogP contribution in [0.1, 0.15) is 15.9 Å². The number of imide groups is 1. The minimum atomic E-state index is -0.514. The molecular weight excluding hydrogens is 455 g/mol. The first-order valence-corrected chi connectivity index (χ1v) is 11.3. The fraction of sp³-hybridized carbons (Fsp3) is 0.120. The van der Waals surface area contributed by atoms with Crippen molar-refractivity contribution in [1.29, 1.82) is 0 Å². The number of benzene rings is 3. The second kappa shape index (κ2) is 10.3. The van der Waals surface area contributed by atoms with E-state index in [0.29, 0.717) is 27.9 Å². The molecule has 3 aromatic carbocycles. The highest BCUT2D eigenvalue weighted by Gasteiger charge is 2.20.